The lowest BCUT2D eigenvalue weighted by Gasteiger charge is -2.17. The molecule has 0 saturated carbocycles. The molecule has 0 bridgehead atoms. The van der Waals surface area contributed by atoms with Crippen molar-refractivity contribution in [1.82, 2.24) is 0 Å². The van der Waals surface area contributed by atoms with E-state index in [1.165, 1.54) is 0 Å². The molecule has 0 aliphatic rings. The number of nitrogens with two attached hydrogens (primary N) is 1. The molecule has 0 heterocycles. The van der Waals surface area contributed by atoms with Crippen molar-refractivity contribution in [1.29, 1.82) is 0 Å². The molecule has 1 rings (SSSR count). The largest absolute Gasteiger partial charge is 0.375 e. The Kier molecular flexibility index (Phi) is 3.58. The van der Waals surface area contributed by atoms with Crippen molar-refractivity contribution in [3.63, 3.8) is 0 Å². The molecule has 0 saturated heterocycles. The molecular weight excluding hydrogens is 184 g/mol. The lowest BCUT2D eigenvalue weighted by atomic mass is 10.2. The highest BCUT2D eigenvalue weighted by molar-refractivity contribution is 6.31. The van der Waals surface area contributed by atoms with Gasteiger partial charge in [-0.25, -0.2) is 0 Å². The summed E-state index contributed by atoms with van der Waals surface area (Å²) in [6.07, 6.45) is 0. The first-order valence-corrected chi connectivity index (χ1v) is 4.76. The van der Waals surface area contributed by atoms with Crippen molar-refractivity contribution in [2.75, 3.05) is 18.5 Å². The Hall–Kier alpha value is -0.730. The van der Waals surface area contributed by atoms with Crippen LogP contribution >= 0.6 is 11.6 Å². The minimum absolute atomic E-state index is 0.495. The highest BCUT2D eigenvalue weighted by Crippen LogP contribution is 2.22. The number of hydrogen-bond donors (Lipinski definition) is 1. The van der Waals surface area contributed by atoms with Gasteiger partial charge in [0.1, 0.15) is 0 Å². The smallest absolute Gasteiger partial charge is 0.0471 e. The van der Waals surface area contributed by atoms with Crippen molar-refractivity contribution < 1.29 is 0 Å². The Morgan fingerprint density at radius 1 is 1.46 bits per heavy atom. The van der Waals surface area contributed by atoms with E-state index in [-0.39, 0.29) is 0 Å². The normalized spacial score (nSPS) is 10.2. The minimum atomic E-state index is 0.495. The molecule has 2 nitrogen and oxygen atoms in total. The van der Waals surface area contributed by atoms with E-state index in [0.29, 0.717) is 6.54 Å². The molecule has 0 aliphatic carbocycles. The van der Waals surface area contributed by atoms with Crippen LogP contribution in [0, 0.1) is 0 Å². The van der Waals surface area contributed by atoms with Crippen molar-refractivity contribution in [2.45, 2.75) is 13.5 Å². The number of rotatable bonds is 3. The van der Waals surface area contributed by atoms with E-state index in [9.17, 15) is 0 Å². The van der Waals surface area contributed by atoms with Gasteiger partial charge in [0.15, 0.2) is 0 Å². The Labute approximate surface area is 84.3 Å². The fourth-order valence-electron chi connectivity index (χ4n) is 1.12. The second-order valence-corrected chi connectivity index (χ2v) is 3.40. The van der Waals surface area contributed by atoms with Gasteiger partial charge in [-0.2, -0.15) is 0 Å². The van der Waals surface area contributed by atoms with Gasteiger partial charge in [0, 0.05) is 30.8 Å². The van der Waals surface area contributed by atoms with Crippen LogP contribution in [0.15, 0.2) is 18.2 Å². The summed E-state index contributed by atoms with van der Waals surface area (Å²) in [6, 6.07) is 5.97. The van der Waals surface area contributed by atoms with Gasteiger partial charge in [-0.15, -0.1) is 0 Å². The standard InChI is InChI=1S/C10H15ClN2/c1-3-13(2)9-5-4-8(7-12)10(11)6-9/h4-6H,3,7,12H2,1-2H3. The SMILES string of the molecule is CCN(C)c1ccc(CN)c(Cl)c1. The molecule has 1 aromatic rings. The summed E-state index contributed by atoms with van der Waals surface area (Å²) in [5, 5.41) is 0.750. The maximum absolute atomic E-state index is 6.02. The van der Waals surface area contributed by atoms with Gasteiger partial charge in [0.2, 0.25) is 0 Å². The van der Waals surface area contributed by atoms with Crippen LogP contribution in [0.4, 0.5) is 5.69 Å². The van der Waals surface area contributed by atoms with Gasteiger partial charge >= 0.3 is 0 Å². The predicted molar refractivity (Wildman–Crippen MR) is 58.3 cm³/mol. The highest BCUT2D eigenvalue weighted by atomic mass is 35.5. The molecule has 2 N–H and O–H groups in total. The van der Waals surface area contributed by atoms with Gasteiger partial charge in [0.05, 0.1) is 0 Å². The van der Waals surface area contributed by atoms with Crippen LogP contribution in [-0.2, 0) is 6.54 Å². The average molecular weight is 199 g/mol. The first kappa shape index (κ1) is 10.4. The molecular formula is C10H15ClN2. The molecule has 0 aliphatic heterocycles. The van der Waals surface area contributed by atoms with Crippen LogP contribution in [0.25, 0.3) is 0 Å². The molecule has 0 unspecified atom stereocenters. The monoisotopic (exact) mass is 198 g/mol. The van der Waals surface area contributed by atoms with Crippen molar-refractivity contribution >= 4 is 17.3 Å². The second-order valence-electron chi connectivity index (χ2n) is 2.99. The molecule has 72 valence electrons. The van der Waals surface area contributed by atoms with E-state index in [0.717, 1.165) is 22.8 Å². The topological polar surface area (TPSA) is 29.3 Å². The molecule has 0 aromatic heterocycles. The van der Waals surface area contributed by atoms with E-state index in [1.54, 1.807) is 0 Å². The van der Waals surface area contributed by atoms with E-state index in [4.69, 9.17) is 17.3 Å². The number of anilines is 1. The molecule has 0 radical (unpaired) electrons. The summed E-state index contributed by atoms with van der Waals surface area (Å²) in [5.74, 6) is 0. The number of nitrogens with zero attached hydrogens (tertiary/aromatic N) is 1. The lowest BCUT2D eigenvalue weighted by molar-refractivity contribution is 0.965. The molecule has 0 fully saturated rings. The summed E-state index contributed by atoms with van der Waals surface area (Å²) in [5.41, 5.74) is 7.64. The average Bonchev–Trinajstić information content (AvgIpc) is 2.16. The molecule has 13 heavy (non-hydrogen) atoms. The Morgan fingerprint density at radius 3 is 2.62 bits per heavy atom. The molecule has 1 aromatic carbocycles. The van der Waals surface area contributed by atoms with Crippen LogP contribution in [-0.4, -0.2) is 13.6 Å². The zero-order chi connectivity index (χ0) is 9.84. The number of benzene rings is 1. The maximum atomic E-state index is 6.02. The van der Waals surface area contributed by atoms with E-state index >= 15 is 0 Å². The maximum Gasteiger partial charge on any atom is 0.0471 e. The van der Waals surface area contributed by atoms with Crippen LogP contribution in [0.2, 0.25) is 5.02 Å². The van der Waals surface area contributed by atoms with Crippen molar-refractivity contribution in [2.24, 2.45) is 5.73 Å². The predicted octanol–water partition coefficient (Wildman–Crippen LogP) is 2.25. The van der Waals surface area contributed by atoms with Crippen molar-refractivity contribution in [3.8, 4) is 0 Å². The number of halogens is 1. The van der Waals surface area contributed by atoms with Crippen LogP contribution in [0.1, 0.15) is 12.5 Å². The van der Waals surface area contributed by atoms with Crippen LogP contribution < -0.4 is 10.6 Å². The fraction of sp³-hybridized carbons (Fsp3) is 0.400. The first-order valence-electron chi connectivity index (χ1n) is 4.38. The third kappa shape index (κ3) is 2.36. The summed E-state index contributed by atoms with van der Waals surface area (Å²) in [7, 11) is 2.04. The van der Waals surface area contributed by atoms with Crippen LogP contribution in [0.5, 0.6) is 0 Å². The van der Waals surface area contributed by atoms with Gasteiger partial charge < -0.3 is 10.6 Å². The Balaban J connectivity index is 2.95. The third-order valence-corrected chi connectivity index (χ3v) is 2.52. The molecule has 3 heteroatoms. The van der Waals surface area contributed by atoms with Crippen LogP contribution in [0.3, 0.4) is 0 Å². The zero-order valence-electron chi connectivity index (χ0n) is 8.05. The molecule has 0 spiro atoms. The van der Waals surface area contributed by atoms with Gasteiger partial charge in [-0.05, 0) is 24.6 Å². The lowest BCUT2D eigenvalue weighted by Crippen LogP contribution is -2.15. The van der Waals surface area contributed by atoms with Gasteiger partial charge in [-0.3, -0.25) is 0 Å². The van der Waals surface area contributed by atoms with Gasteiger partial charge in [-0.1, -0.05) is 17.7 Å². The summed E-state index contributed by atoms with van der Waals surface area (Å²) >= 11 is 6.02. The summed E-state index contributed by atoms with van der Waals surface area (Å²) in [6.45, 7) is 3.57. The highest BCUT2D eigenvalue weighted by Gasteiger charge is 2.02. The number of hydrogen-bond acceptors (Lipinski definition) is 2. The van der Waals surface area contributed by atoms with E-state index in [2.05, 4.69) is 11.8 Å². The van der Waals surface area contributed by atoms with E-state index in [1.807, 2.05) is 25.2 Å². The minimum Gasteiger partial charge on any atom is -0.375 e. The Morgan fingerprint density at radius 2 is 2.15 bits per heavy atom. The van der Waals surface area contributed by atoms with Crippen molar-refractivity contribution in [3.05, 3.63) is 28.8 Å². The summed E-state index contributed by atoms with van der Waals surface area (Å²) in [4.78, 5) is 2.13. The molecule has 0 atom stereocenters. The molecule has 0 amide bonds. The second kappa shape index (κ2) is 4.49. The van der Waals surface area contributed by atoms with Gasteiger partial charge in [0.25, 0.3) is 0 Å². The Bertz CT molecular complexity index is 286. The zero-order valence-corrected chi connectivity index (χ0v) is 8.80. The van der Waals surface area contributed by atoms with E-state index < -0.39 is 0 Å². The summed E-state index contributed by atoms with van der Waals surface area (Å²) < 4.78 is 0. The quantitative estimate of drug-likeness (QED) is 0.808. The third-order valence-electron chi connectivity index (χ3n) is 2.17. The fourth-order valence-corrected chi connectivity index (χ4v) is 1.37. The first-order chi connectivity index (χ1) is 6.19.